The number of carboxylic acids is 1. The van der Waals surface area contributed by atoms with Crippen molar-refractivity contribution in [2.75, 3.05) is 5.73 Å². The molecule has 1 aromatic carbocycles. The second kappa shape index (κ2) is 4.40. The van der Waals surface area contributed by atoms with E-state index in [1.165, 1.54) is 12.1 Å². The average Bonchev–Trinajstić information content (AvgIpc) is 2.12. The number of halogens is 1. The summed E-state index contributed by atoms with van der Waals surface area (Å²) in [5, 5.41) is 8.93. The van der Waals surface area contributed by atoms with Crippen molar-refractivity contribution in [3.05, 3.63) is 22.7 Å². The molecule has 0 aromatic heterocycles. The van der Waals surface area contributed by atoms with Crippen molar-refractivity contribution in [2.45, 2.75) is 20.0 Å². The third-order valence-corrected chi connectivity index (χ3v) is 2.13. The zero-order valence-corrected chi connectivity index (χ0v) is 9.21. The van der Waals surface area contributed by atoms with E-state index in [1.807, 2.05) is 13.8 Å². The van der Waals surface area contributed by atoms with Crippen LogP contribution in [0.3, 0.4) is 0 Å². The maximum absolute atomic E-state index is 10.7. The van der Waals surface area contributed by atoms with Gasteiger partial charge in [-0.25, -0.2) is 4.79 Å². The van der Waals surface area contributed by atoms with Crippen LogP contribution < -0.4 is 10.5 Å². The first-order valence-corrected chi connectivity index (χ1v) is 4.79. The summed E-state index contributed by atoms with van der Waals surface area (Å²) in [6.45, 7) is 3.69. The average molecular weight is 230 g/mol. The number of benzene rings is 1. The van der Waals surface area contributed by atoms with E-state index in [9.17, 15) is 4.79 Å². The number of nitrogen functional groups attached to an aromatic ring is 1. The molecule has 1 aromatic rings. The molecule has 0 unspecified atom stereocenters. The predicted molar refractivity (Wildman–Crippen MR) is 58.6 cm³/mol. The molecule has 0 atom stereocenters. The van der Waals surface area contributed by atoms with Gasteiger partial charge < -0.3 is 15.6 Å². The SMILES string of the molecule is CC(C)Oc1ccc(C(=O)O)c(N)c1Cl. The molecule has 5 heteroatoms. The molecular weight excluding hydrogens is 218 g/mol. The summed E-state index contributed by atoms with van der Waals surface area (Å²) in [4.78, 5) is 10.7. The van der Waals surface area contributed by atoms with Gasteiger partial charge in [0, 0.05) is 0 Å². The van der Waals surface area contributed by atoms with Crippen molar-refractivity contribution in [2.24, 2.45) is 0 Å². The molecule has 0 radical (unpaired) electrons. The fraction of sp³-hybridized carbons (Fsp3) is 0.300. The number of rotatable bonds is 3. The zero-order valence-electron chi connectivity index (χ0n) is 8.45. The highest BCUT2D eigenvalue weighted by Crippen LogP contribution is 2.33. The minimum Gasteiger partial charge on any atom is -0.489 e. The quantitative estimate of drug-likeness (QED) is 0.781. The number of anilines is 1. The highest BCUT2D eigenvalue weighted by Gasteiger charge is 2.15. The molecule has 0 heterocycles. The van der Waals surface area contributed by atoms with E-state index >= 15 is 0 Å². The Balaban J connectivity index is 3.15. The Morgan fingerprint density at radius 1 is 1.53 bits per heavy atom. The predicted octanol–water partition coefficient (Wildman–Crippen LogP) is 2.41. The lowest BCUT2D eigenvalue weighted by atomic mass is 10.1. The maximum Gasteiger partial charge on any atom is 0.337 e. The van der Waals surface area contributed by atoms with Gasteiger partial charge in [-0.15, -0.1) is 0 Å². The highest BCUT2D eigenvalue weighted by atomic mass is 35.5. The van der Waals surface area contributed by atoms with Crippen LogP contribution in [0, 0.1) is 0 Å². The second-order valence-electron chi connectivity index (χ2n) is 3.31. The van der Waals surface area contributed by atoms with Gasteiger partial charge in [-0.1, -0.05) is 11.6 Å². The molecule has 0 amide bonds. The summed E-state index contributed by atoms with van der Waals surface area (Å²) in [6, 6.07) is 2.88. The normalized spacial score (nSPS) is 10.4. The molecule has 0 fully saturated rings. The van der Waals surface area contributed by atoms with Gasteiger partial charge in [-0.2, -0.15) is 0 Å². The lowest BCUT2D eigenvalue weighted by Crippen LogP contribution is -2.08. The lowest BCUT2D eigenvalue weighted by Gasteiger charge is -2.13. The molecule has 1 rings (SSSR count). The van der Waals surface area contributed by atoms with E-state index in [1.54, 1.807) is 0 Å². The van der Waals surface area contributed by atoms with E-state index in [0.717, 1.165) is 0 Å². The van der Waals surface area contributed by atoms with Gasteiger partial charge in [0.25, 0.3) is 0 Å². The maximum atomic E-state index is 10.7. The Labute approximate surface area is 92.6 Å². The standard InChI is InChI=1S/C10H12ClNO3/c1-5(2)15-7-4-3-6(10(13)14)9(12)8(7)11/h3-5H,12H2,1-2H3,(H,13,14). The molecule has 0 aliphatic carbocycles. The molecule has 0 aliphatic heterocycles. The zero-order chi connectivity index (χ0) is 11.6. The van der Waals surface area contributed by atoms with Crippen LogP contribution in [0.15, 0.2) is 12.1 Å². The van der Waals surface area contributed by atoms with E-state index in [-0.39, 0.29) is 22.4 Å². The van der Waals surface area contributed by atoms with Crippen LogP contribution in [0.4, 0.5) is 5.69 Å². The minimum atomic E-state index is -1.11. The first kappa shape index (κ1) is 11.7. The van der Waals surface area contributed by atoms with Gasteiger partial charge in [0.05, 0.1) is 17.4 Å². The summed E-state index contributed by atoms with van der Waals surface area (Å²) >= 11 is 5.87. The van der Waals surface area contributed by atoms with Gasteiger partial charge in [0.1, 0.15) is 10.8 Å². The van der Waals surface area contributed by atoms with Crippen LogP contribution in [-0.2, 0) is 0 Å². The Morgan fingerprint density at radius 2 is 2.13 bits per heavy atom. The molecule has 3 N–H and O–H groups in total. The summed E-state index contributed by atoms with van der Waals surface area (Å²) < 4.78 is 5.36. The van der Waals surface area contributed by atoms with E-state index < -0.39 is 5.97 Å². The van der Waals surface area contributed by atoms with Crippen molar-refractivity contribution < 1.29 is 14.6 Å². The highest BCUT2D eigenvalue weighted by molar-refractivity contribution is 6.35. The molecule has 0 bridgehead atoms. The Kier molecular flexibility index (Phi) is 3.42. The summed E-state index contributed by atoms with van der Waals surface area (Å²) in [5.41, 5.74) is 5.58. The van der Waals surface area contributed by atoms with Gasteiger partial charge in [-0.05, 0) is 26.0 Å². The topological polar surface area (TPSA) is 72.5 Å². The van der Waals surface area contributed by atoms with Gasteiger partial charge in [-0.3, -0.25) is 0 Å². The molecule has 0 saturated carbocycles. The van der Waals surface area contributed by atoms with Crippen LogP contribution in [0.1, 0.15) is 24.2 Å². The molecular formula is C10H12ClNO3. The summed E-state index contributed by atoms with van der Waals surface area (Å²) in [7, 11) is 0. The number of carbonyl (C=O) groups is 1. The van der Waals surface area contributed by atoms with Crippen molar-refractivity contribution in [3.63, 3.8) is 0 Å². The Hall–Kier alpha value is -1.42. The van der Waals surface area contributed by atoms with Gasteiger partial charge in [0.15, 0.2) is 0 Å². The second-order valence-corrected chi connectivity index (χ2v) is 3.69. The van der Waals surface area contributed by atoms with Crippen molar-refractivity contribution >= 4 is 23.3 Å². The fourth-order valence-electron chi connectivity index (χ4n) is 1.10. The van der Waals surface area contributed by atoms with E-state index in [0.29, 0.717) is 5.75 Å². The van der Waals surface area contributed by atoms with E-state index in [4.69, 9.17) is 27.2 Å². The summed E-state index contributed by atoms with van der Waals surface area (Å²) in [5.74, 6) is -0.709. The Bertz CT molecular complexity index is 390. The van der Waals surface area contributed by atoms with Crippen LogP contribution in [-0.4, -0.2) is 17.2 Å². The minimum absolute atomic E-state index is 0.0175. The van der Waals surface area contributed by atoms with Crippen LogP contribution in [0.5, 0.6) is 5.75 Å². The first-order valence-electron chi connectivity index (χ1n) is 4.41. The molecule has 0 spiro atoms. The van der Waals surface area contributed by atoms with Crippen molar-refractivity contribution in [1.29, 1.82) is 0 Å². The van der Waals surface area contributed by atoms with Crippen LogP contribution in [0.25, 0.3) is 0 Å². The number of hydrogen-bond acceptors (Lipinski definition) is 3. The molecule has 15 heavy (non-hydrogen) atoms. The van der Waals surface area contributed by atoms with Gasteiger partial charge in [0.2, 0.25) is 0 Å². The Morgan fingerprint density at radius 3 is 2.60 bits per heavy atom. The number of ether oxygens (including phenoxy) is 1. The summed E-state index contributed by atoms with van der Waals surface area (Å²) in [6.07, 6.45) is -0.0439. The molecule has 4 nitrogen and oxygen atoms in total. The third kappa shape index (κ3) is 2.53. The smallest absolute Gasteiger partial charge is 0.337 e. The van der Waals surface area contributed by atoms with Crippen LogP contribution >= 0.6 is 11.6 Å². The lowest BCUT2D eigenvalue weighted by molar-refractivity contribution is 0.0698. The fourth-order valence-corrected chi connectivity index (χ4v) is 1.31. The van der Waals surface area contributed by atoms with E-state index in [2.05, 4.69) is 0 Å². The largest absolute Gasteiger partial charge is 0.489 e. The molecule has 0 aliphatic rings. The number of nitrogens with two attached hydrogens (primary N) is 1. The molecule has 82 valence electrons. The first-order chi connectivity index (χ1) is 6.93. The van der Waals surface area contributed by atoms with Gasteiger partial charge >= 0.3 is 5.97 Å². The van der Waals surface area contributed by atoms with Crippen molar-refractivity contribution in [1.82, 2.24) is 0 Å². The molecule has 0 saturated heterocycles. The number of hydrogen-bond donors (Lipinski definition) is 2. The van der Waals surface area contributed by atoms with Crippen molar-refractivity contribution in [3.8, 4) is 5.75 Å². The number of aromatic carboxylic acids is 1. The monoisotopic (exact) mass is 229 g/mol. The van der Waals surface area contributed by atoms with Crippen LogP contribution in [0.2, 0.25) is 5.02 Å². The number of carboxylic acid groups (broad SMARTS) is 1. The third-order valence-electron chi connectivity index (χ3n) is 1.74.